The van der Waals surface area contributed by atoms with Crippen LogP contribution >= 0.6 is 0 Å². The SMILES string of the molecule is Cc1nc(-c2ccccc2)ncc1C(=O)N(C)CCC(=O)O. The van der Waals surface area contributed by atoms with E-state index in [9.17, 15) is 9.59 Å². The Bertz CT molecular complexity index is 686. The Kier molecular flexibility index (Phi) is 4.83. The standard InChI is InChI=1S/C16H17N3O3/c1-11-13(16(22)19(2)9-8-14(20)21)10-17-15(18-11)12-6-4-3-5-7-12/h3-7,10H,8-9H2,1-2H3,(H,20,21). The van der Waals surface area contributed by atoms with Gasteiger partial charge in [0, 0.05) is 25.4 Å². The van der Waals surface area contributed by atoms with Crippen LogP contribution in [0.5, 0.6) is 0 Å². The van der Waals surface area contributed by atoms with Crippen molar-refractivity contribution in [3.05, 3.63) is 47.8 Å². The average molecular weight is 299 g/mol. The third kappa shape index (κ3) is 3.66. The molecule has 1 heterocycles. The van der Waals surface area contributed by atoms with Crippen molar-refractivity contribution in [1.82, 2.24) is 14.9 Å². The lowest BCUT2D eigenvalue weighted by atomic mass is 10.1. The largest absolute Gasteiger partial charge is 0.481 e. The van der Waals surface area contributed by atoms with Crippen LogP contribution in [0, 0.1) is 6.92 Å². The number of aliphatic carboxylic acids is 1. The average Bonchev–Trinajstić information content (AvgIpc) is 2.52. The maximum absolute atomic E-state index is 12.3. The number of carbonyl (C=O) groups is 2. The van der Waals surface area contributed by atoms with E-state index in [-0.39, 0.29) is 18.9 Å². The van der Waals surface area contributed by atoms with Gasteiger partial charge in [0.2, 0.25) is 0 Å². The summed E-state index contributed by atoms with van der Waals surface area (Å²) < 4.78 is 0. The first-order chi connectivity index (χ1) is 10.5. The minimum absolute atomic E-state index is 0.0930. The lowest BCUT2D eigenvalue weighted by Gasteiger charge is -2.17. The van der Waals surface area contributed by atoms with E-state index >= 15 is 0 Å². The van der Waals surface area contributed by atoms with Crippen molar-refractivity contribution in [2.75, 3.05) is 13.6 Å². The Morgan fingerprint density at radius 1 is 1.23 bits per heavy atom. The number of nitrogens with zero attached hydrogens (tertiary/aromatic N) is 3. The summed E-state index contributed by atoms with van der Waals surface area (Å²) in [4.78, 5) is 32.8. The Balaban J connectivity index is 2.19. The molecule has 0 aliphatic carbocycles. The zero-order valence-corrected chi connectivity index (χ0v) is 12.5. The molecule has 0 atom stereocenters. The molecule has 6 nitrogen and oxygen atoms in total. The van der Waals surface area contributed by atoms with E-state index in [2.05, 4.69) is 9.97 Å². The first-order valence-corrected chi connectivity index (χ1v) is 6.85. The van der Waals surface area contributed by atoms with Crippen LogP contribution in [0.1, 0.15) is 22.5 Å². The van der Waals surface area contributed by atoms with Gasteiger partial charge in [0.25, 0.3) is 5.91 Å². The Labute approximate surface area is 128 Å². The quantitative estimate of drug-likeness (QED) is 0.913. The molecule has 1 aromatic heterocycles. The molecule has 0 aliphatic heterocycles. The summed E-state index contributed by atoms with van der Waals surface area (Å²) in [6, 6.07) is 9.50. The van der Waals surface area contributed by atoms with Crippen LogP contribution in [0.15, 0.2) is 36.5 Å². The number of hydrogen-bond donors (Lipinski definition) is 1. The van der Waals surface area contributed by atoms with E-state index in [1.54, 1.807) is 14.0 Å². The van der Waals surface area contributed by atoms with Crippen LogP contribution in [0.4, 0.5) is 0 Å². The summed E-state index contributed by atoms with van der Waals surface area (Å²) in [5, 5.41) is 8.67. The second kappa shape index (κ2) is 6.80. The fourth-order valence-electron chi connectivity index (χ4n) is 1.97. The van der Waals surface area contributed by atoms with Gasteiger partial charge in [-0.1, -0.05) is 30.3 Å². The summed E-state index contributed by atoms with van der Waals surface area (Å²) in [6.07, 6.45) is 1.40. The fourth-order valence-corrected chi connectivity index (χ4v) is 1.97. The van der Waals surface area contributed by atoms with Gasteiger partial charge in [0.05, 0.1) is 17.7 Å². The number of carboxylic acid groups (broad SMARTS) is 1. The zero-order valence-electron chi connectivity index (χ0n) is 12.5. The van der Waals surface area contributed by atoms with E-state index in [0.29, 0.717) is 17.1 Å². The smallest absolute Gasteiger partial charge is 0.305 e. The lowest BCUT2D eigenvalue weighted by molar-refractivity contribution is -0.137. The van der Waals surface area contributed by atoms with Crippen LogP contribution in [0.2, 0.25) is 0 Å². The summed E-state index contributed by atoms with van der Waals surface area (Å²) >= 11 is 0. The molecule has 1 aromatic carbocycles. The van der Waals surface area contributed by atoms with Gasteiger partial charge in [-0.05, 0) is 6.92 Å². The highest BCUT2D eigenvalue weighted by atomic mass is 16.4. The predicted octanol–water partition coefficient (Wildman–Crippen LogP) is 2.00. The maximum Gasteiger partial charge on any atom is 0.305 e. The third-order valence-electron chi connectivity index (χ3n) is 3.25. The van der Waals surface area contributed by atoms with Crippen LogP contribution in [-0.2, 0) is 4.79 Å². The van der Waals surface area contributed by atoms with Crippen LogP contribution in [0.25, 0.3) is 11.4 Å². The molecule has 0 unspecified atom stereocenters. The summed E-state index contributed by atoms with van der Waals surface area (Å²) in [6.45, 7) is 1.89. The molecular formula is C16H17N3O3. The van der Waals surface area contributed by atoms with Crippen LogP contribution in [0.3, 0.4) is 0 Å². The second-order valence-electron chi connectivity index (χ2n) is 4.93. The highest BCUT2D eigenvalue weighted by molar-refractivity contribution is 5.95. The number of benzene rings is 1. The van der Waals surface area contributed by atoms with Gasteiger partial charge < -0.3 is 10.0 Å². The molecule has 0 saturated heterocycles. The number of aromatic nitrogens is 2. The molecule has 0 saturated carbocycles. The highest BCUT2D eigenvalue weighted by Gasteiger charge is 2.17. The summed E-state index contributed by atoms with van der Waals surface area (Å²) in [7, 11) is 1.57. The molecule has 114 valence electrons. The topological polar surface area (TPSA) is 83.4 Å². The number of rotatable bonds is 5. The molecule has 0 aliphatic rings. The number of hydrogen-bond acceptors (Lipinski definition) is 4. The van der Waals surface area contributed by atoms with Gasteiger partial charge in [-0.15, -0.1) is 0 Å². The van der Waals surface area contributed by atoms with Gasteiger partial charge in [-0.3, -0.25) is 9.59 Å². The summed E-state index contributed by atoms with van der Waals surface area (Å²) in [5.74, 6) is -0.659. The van der Waals surface area contributed by atoms with E-state index < -0.39 is 5.97 Å². The van der Waals surface area contributed by atoms with E-state index in [4.69, 9.17) is 5.11 Å². The van der Waals surface area contributed by atoms with E-state index in [1.807, 2.05) is 30.3 Å². The lowest BCUT2D eigenvalue weighted by Crippen LogP contribution is -2.30. The van der Waals surface area contributed by atoms with Gasteiger partial charge in [0.15, 0.2) is 5.82 Å². The van der Waals surface area contributed by atoms with Gasteiger partial charge >= 0.3 is 5.97 Å². The number of carbonyl (C=O) groups excluding carboxylic acids is 1. The minimum atomic E-state index is -0.938. The van der Waals surface area contributed by atoms with Crippen molar-refractivity contribution in [2.24, 2.45) is 0 Å². The molecule has 0 bridgehead atoms. The highest BCUT2D eigenvalue weighted by Crippen LogP contribution is 2.16. The van der Waals surface area contributed by atoms with Gasteiger partial charge in [-0.2, -0.15) is 0 Å². The molecule has 0 spiro atoms. The van der Waals surface area contributed by atoms with Crippen molar-refractivity contribution in [3.63, 3.8) is 0 Å². The van der Waals surface area contributed by atoms with Crippen molar-refractivity contribution < 1.29 is 14.7 Å². The summed E-state index contributed by atoms with van der Waals surface area (Å²) in [5.41, 5.74) is 1.83. The number of carboxylic acids is 1. The van der Waals surface area contributed by atoms with E-state index in [0.717, 1.165) is 5.56 Å². The van der Waals surface area contributed by atoms with Gasteiger partial charge in [-0.25, -0.2) is 9.97 Å². The molecule has 1 amide bonds. The molecule has 1 N–H and O–H groups in total. The molecule has 22 heavy (non-hydrogen) atoms. The monoisotopic (exact) mass is 299 g/mol. The molecule has 0 fully saturated rings. The zero-order chi connectivity index (χ0) is 16.1. The third-order valence-corrected chi connectivity index (χ3v) is 3.25. The molecule has 2 aromatic rings. The van der Waals surface area contributed by atoms with Crippen molar-refractivity contribution in [3.8, 4) is 11.4 Å². The molecule has 2 rings (SSSR count). The molecule has 6 heteroatoms. The number of aryl methyl sites for hydroxylation is 1. The first-order valence-electron chi connectivity index (χ1n) is 6.85. The van der Waals surface area contributed by atoms with Crippen molar-refractivity contribution in [1.29, 1.82) is 0 Å². The maximum atomic E-state index is 12.3. The first kappa shape index (κ1) is 15.6. The Hall–Kier alpha value is -2.76. The van der Waals surface area contributed by atoms with E-state index in [1.165, 1.54) is 11.1 Å². The van der Waals surface area contributed by atoms with Crippen molar-refractivity contribution >= 4 is 11.9 Å². The minimum Gasteiger partial charge on any atom is -0.481 e. The molecule has 0 radical (unpaired) electrons. The predicted molar refractivity (Wildman–Crippen MR) is 81.4 cm³/mol. The Morgan fingerprint density at radius 3 is 2.50 bits per heavy atom. The van der Waals surface area contributed by atoms with Crippen molar-refractivity contribution in [2.45, 2.75) is 13.3 Å². The Morgan fingerprint density at radius 2 is 1.91 bits per heavy atom. The second-order valence-corrected chi connectivity index (χ2v) is 4.93. The normalized spacial score (nSPS) is 10.3. The van der Waals surface area contributed by atoms with Crippen LogP contribution in [-0.4, -0.2) is 45.4 Å². The van der Waals surface area contributed by atoms with Crippen LogP contribution < -0.4 is 0 Å². The van der Waals surface area contributed by atoms with Gasteiger partial charge in [0.1, 0.15) is 0 Å². The molecular weight excluding hydrogens is 282 g/mol. The fraction of sp³-hybridized carbons (Fsp3) is 0.250. The number of amides is 1.